The minimum absolute atomic E-state index is 0.0114. The lowest BCUT2D eigenvalue weighted by molar-refractivity contribution is -0.161. The summed E-state index contributed by atoms with van der Waals surface area (Å²) in [7, 11) is 0. The molecule has 0 aliphatic carbocycles. The predicted octanol–water partition coefficient (Wildman–Crippen LogP) is 3.80. The third kappa shape index (κ3) is 10.9. The second-order valence-corrected chi connectivity index (χ2v) is 10.1. The van der Waals surface area contributed by atoms with Crippen molar-refractivity contribution < 1.29 is 29.0 Å². The number of carbonyl (C=O) groups is 3. The molecule has 2 rings (SSSR count). The zero-order valence-corrected chi connectivity index (χ0v) is 21.4. The average Bonchev–Trinajstić information content (AvgIpc) is 3.12. The zero-order chi connectivity index (χ0) is 24.9. The Kier molecular flexibility index (Phi) is 12.5. The first-order valence-electron chi connectivity index (χ1n) is 11.6. The first-order chi connectivity index (χ1) is 16.2. The van der Waals surface area contributed by atoms with Crippen molar-refractivity contribution in [2.24, 2.45) is 0 Å². The van der Waals surface area contributed by atoms with E-state index >= 15 is 0 Å². The highest BCUT2D eigenvalue weighted by Crippen LogP contribution is 2.21. The van der Waals surface area contributed by atoms with E-state index in [0.717, 1.165) is 23.5 Å². The van der Waals surface area contributed by atoms with E-state index in [9.17, 15) is 19.5 Å². The van der Waals surface area contributed by atoms with Crippen LogP contribution < -0.4 is 0 Å². The summed E-state index contributed by atoms with van der Waals surface area (Å²) in [6, 6.07) is 7.40. The summed E-state index contributed by atoms with van der Waals surface area (Å²) in [5.41, 5.74) is 0.958. The number of likely N-dealkylation sites (tertiary alicyclic amines) is 1. The fraction of sp³-hybridized carbons (Fsp3) is 0.560. The Morgan fingerprint density at radius 3 is 2.82 bits per heavy atom. The van der Waals surface area contributed by atoms with E-state index in [2.05, 4.69) is 0 Å². The molecule has 2 atom stereocenters. The normalized spacial score (nSPS) is 16.9. The maximum absolute atomic E-state index is 12.3. The van der Waals surface area contributed by atoms with E-state index in [-0.39, 0.29) is 31.1 Å². The topological polar surface area (TPSA) is 93.1 Å². The molecule has 1 aromatic carbocycles. The highest BCUT2D eigenvalue weighted by atomic mass is 35.5. The molecule has 1 N–H and O–H groups in total. The van der Waals surface area contributed by atoms with Crippen LogP contribution >= 0.6 is 23.4 Å². The van der Waals surface area contributed by atoms with Crippen molar-refractivity contribution in [3.8, 4) is 0 Å². The molecule has 188 valence electrons. The van der Waals surface area contributed by atoms with Crippen molar-refractivity contribution >= 4 is 41.2 Å². The summed E-state index contributed by atoms with van der Waals surface area (Å²) in [6.45, 7) is 3.73. The van der Waals surface area contributed by atoms with Gasteiger partial charge in [-0.1, -0.05) is 35.9 Å². The van der Waals surface area contributed by atoms with Gasteiger partial charge in [0.15, 0.2) is 6.61 Å². The minimum atomic E-state index is -0.641. The second-order valence-electron chi connectivity index (χ2n) is 8.39. The first kappa shape index (κ1) is 28.2. The Hall–Kier alpha value is -2.03. The van der Waals surface area contributed by atoms with Crippen molar-refractivity contribution in [1.29, 1.82) is 0 Å². The van der Waals surface area contributed by atoms with Crippen molar-refractivity contribution in [3.05, 3.63) is 47.0 Å². The van der Waals surface area contributed by atoms with E-state index in [1.165, 1.54) is 0 Å². The fourth-order valence-corrected chi connectivity index (χ4v) is 4.66. The number of halogens is 1. The number of hydrogen-bond acceptors (Lipinski definition) is 7. The van der Waals surface area contributed by atoms with Crippen molar-refractivity contribution in [2.75, 3.05) is 24.7 Å². The van der Waals surface area contributed by atoms with Gasteiger partial charge in [0.05, 0.1) is 18.2 Å². The van der Waals surface area contributed by atoms with Crippen molar-refractivity contribution in [1.82, 2.24) is 4.90 Å². The maximum atomic E-state index is 12.3. The number of aliphatic hydroxyl groups is 1. The van der Waals surface area contributed by atoms with E-state index in [4.69, 9.17) is 21.1 Å². The molecule has 1 heterocycles. The van der Waals surface area contributed by atoms with Crippen LogP contribution in [-0.2, 0) is 30.3 Å². The second kappa shape index (κ2) is 15.1. The summed E-state index contributed by atoms with van der Waals surface area (Å²) < 4.78 is 9.81. The Morgan fingerprint density at radius 2 is 2.09 bits per heavy atom. The number of benzene rings is 1. The van der Waals surface area contributed by atoms with Gasteiger partial charge in [0.1, 0.15) is 0 Å². The van der Waals surface area contributed by atoms with Gasteiger partial charge in [-0.15, -0.1) is 0 Å². The number of thioether (sulfide) groups is 1. The summed E-state index contributed by atoms with van der Waals surface area (Å²) in [5.74, 6) is 0.672. The van der Waals surface area contributed by atoms with Gasteiger partial charge in [-0.2, -0.15) is 11.8 Å². The fourth-order valence-electron chi connectivity index (χ4n) is 3.57. The highest BCUT2D eigenvalue weighted by Gasteiger charge is 2.28. The van der Waals surface area contributed by atoms with Crippen LogP contribution in [0.25, 0.3) is 0 Å². The van der Waals surface area contributed by atoms with Crippen molar-refractivity contribution in [3.63, 3.8) is 0 Å². The Balaban J connectivity index is 1.63. The van der Waals surface area contributed by atoms with Crippen LogP contribution in [0.4, 0.5) is 0 Å². The van der Waals surface area contributed by atoms with Gasteiger partial charge in [-0.25, -0.2) is 4.79 Å². The van der Waals surface area contributed by atoms with Gasteiger partial charge in [-0.3, -0.25) is 9.59 Å². The maximum Gasteiger partial charge on any atom is 0.344 e. The van der Waals surface area contributed by atoms with E-state index < -0.39 is 18.0 Å². The lowest BCUT2D eigenvalue weighted by Crippen LogP contribution is -2.34. The zero-order valence-electron chi connectivity index (χ0n) is 19.8. The molecular formula is C25H34ClNO6S. The summed E-state index contributed by atoms with van der Waals surface area (Å²) in [4.78, 5) is 37.2. The summed E-state index contributed by atoms with van der Waals surface area (Å²) >= 11 is 7.66. The Morgan fingerprint density at radius 1 is 1.29 bits per heavy atom. The van der Waals surface area contributed by atoms with E-state index in [1.807, 2.05) is 29.2 Å². The first-order valence-corrected chi connectivity index (χ1v) is 13.1. The molecule has 0 unspecified atom stereocenters. The van der Waals surface area contributed by atoms with E-state index in [1.54, 1.807) is 37.8 Å². The van der Waals surface area contributed by atoms with Crippen LogP contribution in [0, 0.1) is 0 Å². The standard InChI is InChI=1S/C25H34ClNO6S/c1-18(2)33-25(31)17-32-24(30)7-4-13-34-14-12-27-21(9-11-23(27)29)8-10-22(28)16-19-5-3-6-20(26)15-19/h3,5-6,8,10,15,18,21-22,28H,4,7,9,11-14,16-17H2,1-2H3/t21-,22+/m0/s1. The van der Waals surface area contributed by atoms with Crippen LogP contribution in [0.5, 0.6) is 0 Å². The number of rotatable bonds is 14. The molecule has 1 aromatic rings. The molecule has 1 aliphatic rings. The largest absolute Gasteiger partial charge is 0.460 e. The molecule has 1 amide bonds. The van der Waals surface area contributed by atoms with E-state index in [0.29, 0.717) is 30.8 Å². The molecule has 0 radical (unpaired) electrons. The van der Waals surface area contributed by atoms with Crippen molar-refractivity contribution in [2.45, 2.75) is 64.2 Å². The average molecular weight is 512 g/mol. The number of carbonyl (C=O) groups excluding carboxylic acids is 3. The number of ether oxygens (including phenoxy) is 2. The lowest BCUT2D eigenvalue weighted by atomic mass is 10.1. The minimum Gasteiger partial charge on any atom is -0.460 e. The van der Waals surface area contributed by atoms with Gasteiger partial charge < -0.3 is 19.5 Å². The van der Waals surface area contributed by atoms with Crippen LogP contribution in [0.2, 0.25) is 5.02 Å². The summed E-state index contributed by atoms with van der Waals surface area (Å²) in [6.07, 6.45) is 5.39. The van der Waals surface area contributed by atoms with Gasteiger partial charge >= 0.3 is 11.9 Å². The molecule has 0 aromatic heterocycles. The number of aliphatic hydroxyl groups excluding tert-OH is 1. The molecule has 1 aliphatic heterocycles. The number of amides is 1. The van der Waals surface area contributed by atoms with Gasteiger partial charge in [-0.05, 0) is 50.1 Å². The summed E-state index contributed by atoms with van der Waals surface area (Å²) in [5, 5.41) is 11.0. The van der Waals surface area contributed by atoms with Crippen LogP contribution in [0.3, 0.4) is 0 Å². The van der Waals surface area contributed by atoms with Gasteiger partial charge in [0.25, 0.3) is 0 Å². The van der Waals surface area contributed by atoms with Gasteiger partial charge in [0.2, 0.25) is 5.91 Å². The third-order valence-electron chi connectivity index (χ3n) is 5.13. The molecular weight excluding hydrogens is 478 g/mol. The lowest BCUT2D eigenvalue weighted by Gasteiger charge is -2.22. The quantitative estimate of drug-likeness (QED) is 0.231. The number of esters is 2. The number of nitrogens with zero attached hydrogens (tertiary/aromatic N) is 1. The Bertz CT molecular complexity index is 846. The molecule has 34 heavy (non-hydrogen) atoms. The third-order valence-corrected chi connectivity index (χ3v) is 6.41. The monoisotopic (exact) mass is 511 g/mol. The Labute approximate surface area is 210 Å². The van der Waals surface area contributed by atoms with Gasteiger partial charge in [0, 0.05) is 36.6 Å². The molecule has 0 spiro atoms. The molecule has 1 saturated heterocycles. The smallest absolute Gasteiger partial charge is 0.344 e. The molecule has 0 saturated carbocycles. The van der Waals surface area contributed by atoms with Crippen LogP contribution in [0.1, 0.15) is 45.1 Å². The highest BCUT2D eigenvalue weighted by molar-refractivity contribution is 7.99. The molecule has 1 fully saturated rings. The molecule has 7 nitrogen and oxygen atoms in total. The SMILES string of the molecule is CC(C)OC(=O)COC(=O)CCCSCCN1C(=O)CC[C@@H]1C=C[C@@H](O)Cc1cccc(Cl)c1. The van der Waals surface area contributed by atoms with Crippen LogP contribution in [-0.4, -0.2) is 70.8 Å². The molecule has 0 bridgehead atoms. The van der Waals surface area contributed by atoms with Crippen LogP contribution in [0.15, 0.2) is 36.4 Å². The number of hydrogen-bond donors (Lipinski definition) is 1. The molecule has 9 heteroatoms. The predicted molar refractivity (Wildman–Crippen MR) is 134 cm³/mol.